The zero-order valence-corrected chi connectivity index (χ0v) is 15.6. The predicted molar refractivity (Wildman–Crippen MR) is 96.7 cm³/mol. The monoisotopic (exact) mass is 394 g/mol. The molecule has 3 rings (SSSR count). The fourth-order valence-electron chi connectivity index (χ4n) is 3.03. The van der Waals surface area contributed by atoms with E-state index in [1.54, 1.807) is 6.92 Å². The average Bonchev–Trinajstić information content (AvgIpc) is 3.22. The molecule has 0 spiro atoms. The summed E-state index contributed by atoms with van der Waals surface area (Å²) in [5.41, 5.74) is 0.308. The number of nitrogens with one attached hydrogen (secondary N) is 2. The van der Waals surface area contributed by atoms with Crippen molar-refractivity contribution in [2.24, 2.45) is 0 Å². The van der Waals surface area contributed by atoms with Gasteiger partial charge in [-0.15, -0.1) is 16.4 Å². The Bertz CT molecular complexity index is 903. The summed E-state index contributed by atoms with van der Waals surface area (Å²) in [4.78, 5) is 36.6. The van der Waals surface area contributed by atoms with Crippen LogP contribution in [0.5, 0.6) is 5.88 Å². The van der Waals surface area contributed by atoms with Crippen molar-refractivity contribution in [3.8, 4) is 5.88 Å². The Hall–Kier alpha value is -2.95. The summed E-state index contributed by atoms with van der Waals surface area (Å²) in [6, 6.07) is 0. The van der Waals surface area contributed by atoms with E-state index in [1.807, 2.05) is 0 Å². The molecule has 0 saturated carbocycles. The number of fused-ring (bicyclic) bond motifs is 1. The van der Waals surface area contributed by atoms with Crippen LogP contribution in [0, 0.1) is 10.1 Å². The van der Waals surface area contributed by atoms with E-state index in [-0.39, 0.29) is 18.2 Å². The molecule has 10 nitrogen and oxygen atoms in total. The number of aryl methyl sites for hydroxylation is 1. The smallest absolute Gasteiger partial charge is 0.362 e. The summed E-state index contributed by atoms with van der Waals surface area (Å²) < 4.78 is 9.94. The first-order chi connectivity index (χ1) is 13.0. The number of aromatic nitrogens is 2. The van der Waals surface area contributed by atoms with Crippen LogP contribution in [-0.4, -0.2) is 40.7 Å². The molecule has 1 amide bonds. The van der Waals surface area contributed by atoms with Gasteiger partial charge < -0.3 is 14.8 Å². The second kappa shape index (κ2) is 7.74. The maximum absolute atomic E-state index is 12.6. The van der Waals surface area contributed by atoms with Gasteiger partial charge in [0.25, 0.3) is 5.91 Å². The van der Waals surface area contributed by atoms with Crippen LogP contribution < -0.4 is 10.1 Å². The first-order valence-corrected chi connectivity index (χ1v) is 9.19. The quantitative estimate of drug-likeness (QED) is 0.436. The Labute approximate surface area is 158 Å². The largest absolute Gasteiger partial charge is 0.475 e. The van der Waals surface area contributed by atoms with Crippen molar-refractivity contribution in [2.75, 3.05) is 19.0 Å². The van der Waals surface area contributed by atoms with Gasteiger partial charge in [-0.2, -0.15) is 0 Å². The molecule has 1 aliphatic carbocycles. The molecule has 1 aliphatic rings. The van der Waals surface area contributed by atoms with E-state index in [9.17, 15) is 19.7 Å². The minimum Gasteiger partial charge on any atom is -0.475 e. The molecule has 0 bridgehead atoms. The molecule has 0 atom stereocenters. The highest BCUT2D eigenvalue weighted by atomic mass is 32.1. The van der Waals surface area contributed by atoms with Crippen molar-refractivity contribution in [2.45, 2.75) is 32.6 Å². The fraction of sp³-hybridized carbons (Fsp3) is 0.438. The fourth-order valence-corrected chi connectivity index (χ4v) is 4.30. The lowest BCUT2D eigenvalue weighted by Crippen LogP contribution is -2.17. The molecule has 0 saturated heterocycles. The van der Waals surface area contributed by atoms with E-state index >= 15 is 0 Å². The molecule has 11 heteroatoms. The molecular weight excluding hydrogens is 376 g/mol. The zero-order chi connectivity index (χ0) is 19.6. The minimum absolute atomic E-state index is 0.208. The molecule has 2 aromatic rings. The van der Waals surface area contributed by atoms with Crippen LogP contribution in [0.25, 0.3) is 0 Å². The van der Waals surface area contributed by atoms with Gasteiger partial charge in [0.05, 0.1) is 24.2 Å². The van der Waals surface area contributed by atoms with Crippen LogP contribution in [-0.2, 0) is 17.6 Å². The number of amides is 1. The number of nitrogens with zero attached hydrogens (tertiary/aromatic N) is 2. The minimum atomic E-state index is -0.776. The Morgan fingerprint density at radius 1 is 1.37 bits per heavy atom. The summed E-state index contributed by atoms with van der Waals surface area (Å²) in [6.45, 7) is 1.91. The number of hydrogen-bond acceptors (Lipinski definition) is 8. The molecule has 27 heavy (non-hydrogen) atoms. The molecule has 0 aromatic carbocycles. The highest BCUT2D eigenvalue weighted by Gasteiger charge is 2.32. The number of esters is 1. The normalized spacial score (nSPS) is 13.0. The van der Waals surface area contributed by atoms with Crippen LogP contribution >= 0.6 is 11.3 Å². The maximum Gasteiger partial charge on any atom is 0.362 e. The van der Waals surface area contributed by atoms with Crippen molar-refractivity contribution >= 4 is 33.9 Å². The SMILES string of the molecule is CCOC(=O)c1c(NC(=O)c2[nH]nc(OC)c2[N+](=O)[O-])sc2c1CCCC2. The average molecular weight is 394 g/mol. The van der Waals surface area contributed by atoms with Gasteiger partial charge in [-0.05, 0) is 38.2 Å². The van der Waals surface area contributed by atoms with Crippen molar-refractivity contribution in [3.63, 3.8) is 0 Å². The van der Waals surface area contributed by atoms with E-state index in [4.69, 9.17) is 9.47 Å². The maximum atomic E-state index is 12.6. The van der Waals surface area contributed by atoms with E-state index in [1.165, 1.54) is 18.4 Å². The zero-order valence-electron chi connectivity index (χ0n) is 14.8. The van der Waals surface area contributed by atoms with Crippen molar-refractivity contribution in [3.05, 3.63) is 31.8 Å². The number of H-pyrrole nitrogens is 1. The number of hydrogen-bond donors (Lipinski definition) is 2. The lowest BCUT2D eigenvalue weighted by molar-refractivity contribution is -0.386. The van der Waals surface area contributed by atoms with Crippen LogP contribution in [0.15, 0.2) is 0 Å². The van der Waals surface area contributed by atoms with E-state index in [0.29, 0.717) is 10.6 Å². The first-order valence-electron chi connectivity index (χ1n) is 8.37. The molecule has 2 heterocycles. The first kappa shape index (κ1) is 18.8. The third kappa shape index (κ3) is 3.50. The Morgan fingerprint density at radius 2 is 2.11 bits per heavy atom. The topological polar surface area (TPSA) is 136 Å². The van der Waals surface area contributed by atoms with Gasteiger partial charge in [-0.25, -0.2) is 4.79 Å². The van der Waals surface area contributed by atoms with Gasteiger partial charge in [-0.1, -0.05) is 0 Å². The second-order valence-electron chi connectivity index (χ2n) is 5.80. The molecule has 0 fully saturated rings. The standard InChI is InChI=1S/C16H18N4O6S/c1-3-26-16(22)10-8-6-4-5-7-9(8)27-15(10)17-13(21)11-12(20(23)24)14(25-2)19-18-11/h3-7H2,1-2H3,(H,17,21)(H,18,19). The lowest BCUT2D eigenvalue weighted by atomic mass is 9.95. The number of anilines is 1. The van der Waals surface area contributed by atoms with Gasteiger partial charge in [0.1, 0.15) is 5.00 Å². The molecule has 144 valence electrons. The van der Waals surface area contributed by atoms with Gasteiger partial charge >= 0.3 is 17.5 Å². The third-order valence-corrected chi connectivity index (χ3v) is 5.40. The summed E-state index contributed by atoms with van der Waals surface area (Å²) in [7, 11) is 1.22. The highest BCUT2D eigenvalue weighted by Crippen LogP contribution is 2.39. The number of methoxy groups -OCH3 is 1. The molecule has 2 aromatic heterocycles. The van der Waals surface area contributed by atoms with Crippen molar-refractivity contribution in [1.82, 2.24) is 10.2 Å². The summed E-state index contributed by atoms with van der Waals surface area (Å²) in [5, 5.41) is 20.1. The molecule has 0 radical (unpaired) electrons. The molecule has 0 aliphatic heterocycles. The number of nitro groups is 1. The Morgan fingerprint density at radius 3 is 2.78 bits per heavy atom. The van der Waals surface area contributed by atoms with Gasteiger partial charge in [0.2, 0.25) is 5.69 Å². The highest BCUT2D eigenvalue weighted by molar-refractivity contribution is 7.17. The van der Waals surface area contributed by atoms with Gasteiger partial charge in [-0.3, -0.25) is 20.0 Å². The van der Waals surface area contributed by atoms with Crippen molar-refractivity contribution in [1.29, 1.82) is 0 Å². The second-order valence-corrected chi connectivity index (χ2v) is 6.91. The Balaban J connectivity index is 1.97. The van der Waals surface area contributed by atoms with Crippen LogP contribution in [0.2, 0.25) is 0 Å². The molecule has 0 unspecified atom stereocenters. The van der Waals surface area contributed by atoms with Crippen LogP contribution in [0.4, 0.5) is 10.7 Å². The van der Waals surface area contributed by atoms with Gasteiger partial charge in [0, 0.05) is 4.88 Å². The summed E-state index contributed by atoms with van der Waals surface area (Å²) in [6.07, 6.45) is 3.51. The number of thiophene rings is 1. The van der Waals surface area contributed by atoms with Crippen LogP contribution in [0.3, 0.4) is 0 Å². The van der Waals surface area contributed by atoms with Gasteiger partial charge in [0.15, 0.2) is 0 Å². The third-order valence-electron chi connectivity index (χ3n) is 4.19. The summed E-state index contributed by atoms with van der Waals surface area (Å²) >= 11 is 1.30. The predicted octanol–water partition coefficient (Wildman–Crippen LogP) is 2.70. The molecule has 2 N–H and O–H groups in total. The number of carbonyl (C=O) groups is 2. The number of rotatable bonds is 6. The Kier molecular flexibility index (Phi) is 5.40. The number of carbonyl (C=O) groups excluding carboxylic acids is 2. The van der Waals surface area contributed by atoms with E-state index < -0.39 is 22.5 Å². The summed E-state index contributed by atoms with van der Waals surface area (Å²) in [5.74, 6) is -1.58. The molecular formula is C16H18N4O6S. The number of aromatic amines is 1. The van der Waals surface area contributed by atoms with E-state index in [2.05, 4.69) is 15.5 Å². The lowest BCUT2D eigenvalue weighted by Gasteiger charge is -2.12. The van der Waals surface area contributed by atoms with Crippen LogP contribution in [0.1, 0.15) is 51.1 Å². The number of ether oxygens (including phenoxy) is 2. The van der Waals surface area contributed by atoms with Crippen molar-refractivity contribution < 1.29 is 24.0 Å². The van der Waals surface area contributed by atoms with E-state index in [0.717, 1.165) is 36.1 Å².